The van der Waals surface area contributed by atoms with Crippen molar-refractivity contribution in [3.8, 4) is 0 Å². The Balaban J connectivity index is 1.97. The third-order valence-corrected chi connectivity index (χ3v) is 3.15. The zero-order chi connectivity index (χ0) is 12.3. The van der Waals surface area contributed by atoms with E-state index in [2.05, 4.69) is 10.3 Å². The molecule has 1 fully saturated rings. The molecule has 6 nitrogen and oxygen atoms in total. The molecule has 0 saturated heterocycles. The molecule has 0 unspecified atom stereocenters. The van der Waals surface area contributed by atoms with E-state index in [-0.39, 0.29) is 11.5 Å². The second kappa shape index (κ2) is 4.99. The van der Waals surface area contributed by atoms with Gasteiger partial charge in [-0.1, -0.05) is 12.8 Å². The van der Waals surface area contributed by atoms with Gasteiger partial charge in [0.25, 0.3) is 0 Å². The van der Waals surface area contributed by atoms with Crippen LogP contribution in [0.4, 0.5) is 17.3 Å². The third kappa shape index (κ3) is 2.83. The van der Waals surface area contributed by atoms with Gasteiger partial charge in [-0.3, -0.25) is 10.1 Å². The van der Waals surface area contributed by atoms with Gasteiger partial charge in [-0.05, 0) is 24.8 Å². The number of aromatic nitrogens is 1. The van der Waals surface area contributed by atoms with Crippen LogP contribution in [0.2, 0.25) is 0 Å². The number of nitrogens with zero attached hydrogens (tertiary/aromatic N) is 2. The molecule has 0 amide bonds. The number of anilines is 2. The van der Waals surface area contributed by atoms with E-state index in [0.29, 0.717) is 11.7 Å². The van der Waals surface area contributed by atoms with Crippen LogP contribution in [0, 0.1) is 16.0 Å². The van der Waals surface area contributed by atoms with E-state index in [4.69, 9.17) is 5.73 Å². The normalized spacial score (nSPS) is 16.0. The van der Waals surface area contributed by atoms with Crippen LogP contribution < -0.4 is 11.1 Å². The molecule has 1 saturated carbocycles. The Hall–Kier alpha value is -1.85. The minimum absolute atomic E-state index is 0.0357. The van der Waals surface area contributed by atoms with E-state index in [9.17, 15) is 10.1 Å². The lowest BCUT2D eigenvalue weighted by molar-refractivity contribution is -0.384. The van der Waals surface area contributed by atoms with Crippen molar-refractivity contribution >= 4 is 17.3 Å². The molecule has 0 bridgehead atoms. The highest BCUT2D eigenvalue weighted by Gasteiger charge is 2.16. The van der Waals surface area contributed by atoms with Crippen LogP contribution >= 0.6 is 0 Å². The summed E-state index contributed by atoms with van der Waals surface area (Å²) in [6.07, 6.45) is 5.08. The predicted molar refractivity (Wildman–Crippen MR) is 65.8 cm³/mol. The molecule has 0 radical (unpaired) electrons. The first-order chi connectivity index (χ1) is 8.16. The van der Waals surface area contributed by atoms with Gasteiger partial charge in [-0.2, -0.15) is 0 Å². The Morgan fingerprint density at radius 3 is 2.76 bits per heavy atom. The van der Waals surface area contributed by atoms with Crippen molar-refractivity contribution in [2.24, 2.45) is 5.92 Å². The van der Waals surface area contributed by atoms with Crippen molar-refractivity contribution in [2.75, 3.05) is 17.6 Å². The summed E-state index contributed by atoms with van der Waals surface area (Å²) in [6.45, 7) is 0.865. The lowest BCUT2D eigenvalue weighted by Crippen LogP contribution is -2.12. The van der Waals surface area contributed by atoms with E-state index in [1.165, 1.54) is 31.7 Å². The summed E-state index contributed by atoms with van der Waals surface area (Å²) < 4.78 is 0. The van der Waals surface area contributed by atoms with E-state index >= 15 is 0 Å². The number of hydrogen-bond acceptors (Lipinski definition) is 5. The van der Waals surface area contributed by atoms with Crippen molar-refractivity contribution in [1.29, 1.82) is 0 Å². The summed E-state index contributed by atoms with van der Waals surface area (Å²) in [6, 6.07) is 2.99. The summed E-state index contributed by atoms with van der Waals surface area (Å²) >= 11 is 0. The molecule has 6 heteroatoms. The average molecular weight is 236 g/mol. The second-order valence-corrected chi connectivity index (χ2v) is 4.39. The highest BCUT2D eigenvalue weighted by atomic mass is 16.6. The fourth-order valence-corrected chi connectivity index (χ4v) is 2.18. The van der Waals surface area contributed by atoms with E-state index in [1.807, 2.05) is 0 Å². The predicted octanol–water partition coefficient (Wildman–Crippen LogP) is 2.17. The van der Waals surface area contributed by atoms with Crippen LogP contribution in [0.1, 0.15) is 25.7 Å². The van der Waals surface area contributed by atoms with Crippen molar-refractivity contribution in [2.45, 2.75) is 25.7 Å². The molecule has 1 aliphatic carbocycles. The van der Waals surface area contributed by atoms with Gasteiger partial charge < -0.3 is 11.1 Å². The zero-order valence-corrected chi connectivity index (χ0v) is 9.56. The Morgan fingerprint density at radius 2 is 2.18 bits per heavy atom. The average Bonchev–Trinajstić information content (AvgIpc) is 2.78. The number of nitrogens with two attached hydrogens (primary N) is 1. The Kier molecular flexibility index (Phi) is 3.41. The molecule has 0 spiro atoms. The Labute approximate surface area is 99.4 Å². The fourth-order valence-electron chi connectivity index (χ4n) is 2.18. The monoisotopic (exact) mass is 236 g/mol. The molecule has 2 rings (SSSR count). The lowest BCUT2D eigenvalue weighted by atomic mass is 10.1. The Bertz CT molecular complexity index is 416. The standard InChI is InChI=1S/C11H16N4O2/c12-11-9(15(16)17)5-6-10(14-11)13-7-8-3-1-2-4-8/h5-6,8H,1-4,7H2,(H3,12,13,14). The molecule has 0 atom stereocenters. The number of hydrogen-bond donors (Lipinski definition) is 2. The van der Waals surface area contributed by atoms with Crippen LogP contribution in [0.25, 0.3) is 0 Å². The topological polar surface area (TPSA) is 94.1 Å². The minimum Gasteiger partial charge on any atom is -0.378 e. The van der Waals surface area contributed by atoms with E-state index < -0.39 is 4.92 Å². The van der Waals surface area contributed by atoms with Crippen LogP contribution in [0.3, 0.4) is 0 Å². The molecular formula is C11H16N4O2. The number of pyridine rings is 1. The maximum atomic E-state index is 10.6. The zero-order valence-electron chi connectivity index (χ0n) is 9.56. The van der Waals surface area contributed by atoms with Crippen molar-refractivity contribution in [1.82, 2.24) is 4.98 Å². The minimum atomic E-state index is -0.525. The molecule has 17 heavy (non-hydrogen) atoms. The first kappa shape index (κ1) is 11.6. The number of nitro groups is 1. The molecule has 1 heterocycles. The summed E-state index contributed by atoms with van der Waals surface area (Å²) in [4.78, 5) is 14.0. The van der Waals surface area contributed by atoms with Crippen LogP contribution in [-0.2, 0) is 0 Å². The second-order valence-electron chi connectivity index (χ2n) is 4.39. The highest BCUT2D eigenvalue weighted by Crippen LogP contribution is 2.25. The first-order valence-corrected chi connectivity index (χ1v) is 5.81. The van der Waals surface area contributed by atoms with Crippen LogP contribution in [0.5, 0.6) is 0 Å². The van der Waals surface area contributed by atoms with Gasteiger partial charge in [0, 0.05) is 12.6 Å². The Morgan fingerprint density at radius 1 is 1.47 bits per heavy atom. The fraction of sp³-hybridized carbons (Fsp3) is 0.545. The number of nitrogen functional groups attached to an aromatic ring is 1. The van der Waals surface area contributed by atoms with Gasteiger partial charge in [-0.25, -0.2) is 4.98 Å². The summed E-state index contributed by atoms with van der Waals surface area (Å²) in [5.41, 5.74) is 5.37. The molecule has 1 aliphatic rings. The summed E-state index contributed by atoms with van der Waals surface area (Å²) in [5, 5.41) is 13.7. The van der Waals surface area contributed by atoms with Gasteiger partial charge in [-0.15, -0.1) is 0 Å². The third-order valence-electron chi connectivity index (χ3n) is 3.15. The SMILES string of the molecule is Nc1nc(NCC2CCCC2)ccc1[N+](=O)[O-]. The lowest BCUT2D eigenvalue weighted by Gasteiger charge is -2.11. The van der Waals surface area contributed by atoms with E-state index in [0.717, 1.165) is 6.54 Å². The van der Waals surface area contributed by atoms with Gasteiger partial charge in [0.1, 0.15) is 5.82 Å². The number of nitrogens with one attached hydrogen (secondary N) is 1. The molecule has 3 N–H and O–H groups in total. The largest absolute Gasteiger partial charge is 0.378 e. The van der Waals surface area contributed by atoms with Gasteiger partial charge >= 0.3 is 5.69 Å². The molecule has 1 aromatic heterocycles. The molecule has 92 valence electrons. The van der Waals surface area contributed by atoms with Crippen LogP contribution in [0.15, 0.2) is 12.1 Å². The maximum Gasteiger partial charge on any atom is 0.311 e. The summed E-state index contributed by atoms with van der Waals surface area (Å²) in [7, 11) is 0. The van der Waals surface area contributed by atoms with Crippen LogP contribution in [-0.4, -0.2) is 16.5 Å². The molecule has 0 aliphatic heterocycles. The van der Waals surface area contributed by atoms with Gasteiger partial charge in [0.05, 0.1) is 4.92 Å². The van der Waals surface area contributed by atoms with Crippen molar-refractivity contribution < 1.29 is 4.92 Å². The molecule has 0 aromatic carbocycles. The number of rotatable bonds is 4. The summed E-state index contributed by atoms with van der Waals surface area (Å²) in [5.74, 6) is 1.26. The first-order valence-electron chi connectivity index (χ1n) is 5.81. The van der Waals surface area contributed by atoms with Gasteiger partial charge in [0.15, 0.2) is 0 Å². The highest BCUT2D eigenvalue weighted by molar-refractivity contribution is 5.57. The molecule has 1 aromatic rings. The van der Waals surface area contributed by atoms with Crippen molar-refractivity contribution in [3.05, 3.63) is 22.2 Å². The molecular weight excluding hydrogens is 220 g/mol. The quantitative estimate of drug-likeness (QED) is 0.617. The van der Waals surface area contributed by atoms with Gasteiger partial charge in [0.2, 0.25) is 5.82 Å². The van der Waals surface area contributed by atoms with Crippen molar-refractivity contribution in [3.63, 3.8) is 0 Å². The maximum absolute atomic E-state index is 10.6. The van der Waals surface area contributed by atoms with E-state index in [1.54, 1.807) is 6.07 Å². The smallest absolute Gasteiger partial charge is 0.311 e.